The molecule has 0 N–H and O–H groups in total. The molecule has 1 spiro atoms. The van der Waals surface area contributed by atoms with Crippen molar-refractivity contribution in [3.63, 3.8) is 0 Å². The Balaban J connectivity index is 1.48. The van der Waals surface area contributed by atoms with Crippen molar-refractivity contribution in [2.75, 3.05) is 32.8 Å². The van der Waals surface area contributed by atoms with E-state index in [2.05, 4.69) is 9.88 Å². The first kappa shape index (κ1) is 18.1. The third kappa shape index (κ3) is 3.58. The summed E-state index contributed by atoms with van der Waals surface area (Å²) in [5.41, 5.74) is 0.212. The molecule has 1 aromatic heterocycles. The summed E-state index contributed by atoms with van der Waals surface area (Å²) >= 11 is 0. The third-order valence-electron chi connectivity index (χ3n) is 5.20. The van der Waals surface area contributed by atoms with E-state index in [1.165, 1.54) is 0 Å². The molecule has 1 saturated heterocycles. The predicted molar refractivity (Wildman–Crippen MR) is 92.0 cm³/mol. The molecule has 0 amide bonds. The van der Waals surface area contributed by atoms with E-state index in [4.69, 9.17) is 9.57 Å². The van der Waals surface area contributed by atoms with Crippen molar-refractivity contribution in [1.82, 2.24) is 14.4 Å². The Bertz CT molecular complexity index is 776. The number of nitrogens with zero attached hydrogens (tertiary/aromatic N) is 3. The van der Waals surface area contributed by atoms with Crippen LogP contribution < -0.4 is 4.74 Å². The number of hydrogen-bond acceptors (Lipinski definition) is 6. The standard InChI is InChI=1S/C17H24FN3O4S/c1-13-10-15-16(19-11-13)25-17(4-5-17)12-21(26(15,22)23)24-9-8-20-6-2-14(18)3-7-20/h10-11,14H,2-9,12H2,1H3. The van der Waals surface area contributed by atoms with Crippen LogP contribution >= 0.6 is 0 Å². The molecule has 2 fully saturated rings. The van der Waals surface area contributed by atoms with Gasteiger partial charge in [-0.2, -0.15) is 0 Å². The van der Waals surface area contributed by atoms with Gasteiger partial charge in [-0.3, -0.25) is 4.84 Å². The highest BCUT2D eigenvalue weighted by atomic mass is 32.2. The van der Waals surface area contributed by atoms with Crippen LogP contribution in [0.25, 0.3) is 0 Å². The summed E-state index contributed by atoms with van der Waals surface area (Å²) in [7, 11) is -3.84. The Kier molecular flexibility index (Phi) is 4.66. The van der Waals surface area contributed by atoms with Crippen molar-refractivity contribution >= 4 is 10.0 Å². The van der Waals surface area contributed by atoms with Gasteiger partial charge >= 0.3 is 0 Å². The maximum absolute atomic E-state index is 13.2. The largest absolute Gasteiger partial charge is 0.469 e. The van der Waals surface area contributed by atoms with Crippen LogP contribution in [0.3, 0.4) is 0 Å². The highest BCUT2D eigenvalue weighted by Crippen LogP contribution is 2.45. The molecule has 0 aromatic carbocycles. The fraction of sp³-hybridized carbons (Fsp3) is 0.706. The van der Waals surface area contributed by atoms with Gasteiger partial charge in [0.05, 0.1) is 13.2 Å². The molecule has 1 aromatic rings. The van der Waals surface area contributed by atoms with Crippen LogP contribution in [0.2, 0.25) is 0 Å². The SMILES string of the molecule is Cc1cnc2c(c1)S(=O)(=O)N(OCCN1CCC(F)CC1)CC1(CC1)O2. The van der Waals surface area contributed by atoms with Gasteiger partial charge in [-0.1, -0.05) is 4.47 Å². The first-order chi connectivity index (χ1) is 12.4. The van der Waals surface area contributed by atoms with Crippen LogP contribution in [0.1, 0.15) is 31.2 Å². The number of aromatic nitrogens is 1. The molecule has 3 aliphatic rings. The van der Waals surface area contributed by atoms with Gasteiger partial charge < -0.3 is 9.64 Å². The lowest BCUT2D eigenvalue weighted by Crippen LogP contribution is -2.41. The van der Waals surface area contributed by atoms with Crippen LogP contribution in [0, 0.1) is 6.92 Å². The van der Waals surface area contributed by atoms with Gasteiger partial charge in [0.25, 0.3) is 10.0 Å². The zero-order chi connectivity index (χ0) is 18.4. The fourth-order valence-corrected chi connectivity index (χ4v) is 4.86. The number of piperidine rings is 1. The Hall–Kier alpha value is -1.29. The van der Waals surface area contributed by atoms with Gasteiger partial charge in [0.2, 0.25) is 5.88 Å². The smallest absolute Gasteiger partial charge is 0.270 e. The third-order valence-corrected chi connectivity index (χ3v) is 6.82. The summed E-state index contributed by atoms with van der Waals surface area (Å²) in [6, 6.07) is 1.57. The number of sulfonamides is 1. The Morgan fingerprint density at radius 1 is 1.38 bits per heavy atom. The van der Waals surface area contributed by atoms with Gasteiger partial charge in [-0.25, -0.2) is 17.8 Å². The topological polar surface area (TPSA) is 72.0 Å². The molecule has 4 rings (SSSR count). The number of hydrogen-bond donors (Lipinski definition) is 0. The van der Waals surface area contributed by atoms with Crippen molar-refractivity contribution < 1.29 is 22.4 Å². The minimum atomic E-state index is -3.84. The number of aryl methyl sites for hydroxylation is 1. The molecule has 26 heavy (non-hydrogen) atoms. The lowest BCUT2D eigenvalue weighted by atomic mass is 10.1. The molecule has 2 aliphatic heterocycles. The van der Waals surface area contributed by atoms with Crippen LogP contribution in [-0.4, -0.2) is 67.3 Å². The van der Waals surface area contributed by atoms with Crippen LogP contribution in [0.4, 0.5) is 4.39 Å². The maximum Gasteiger partial charge on any atom is 0.270 e. The van der Waals surface area contributed by atoms with E-state index in [1.807, 2.05) is 0 Å². The fourth-order valence-electron chi connectivity index (χ4n) is 3.37. The normalized spacial score (nSPS) is 25.5. The van der Waals surface area contributed by atoms with Crippen LogP contribution in [-0.2, 0) is 14.9 Å². The van der Waals surface area contributed by atoms with Crippen LogP contribution in [0.5, 0.6) is 5.88 Å². The first-order valence-electron chi connectivity index (χ1n) is 9.06. The minimum Gasteiger partial charge on any atom is -0.469 e. The highest BCUT2D eigenvalue weighted by Gasteiger charge is 2.53. The summed E-state index contributed by atoms with van der Waals surface area (Å²) in [4.78, 5) is 12.0. The second-order valence-corrected chi connectivity index (χ2v) is 9.21. The Morgan fingerprint density at radius 3 is 2.81 bits per heavy atom. The van der Waals surface area contributed by atoms with E-state index >= 15 is 0 Å². The summed E-state index contributed by atoms with van der Waals surface area (Å²) in [6.07, 6.45) is 3.49. The van der Waals surface area contributed by atoms with Gasteiger partial charge in [-0.05, 0) is 44.2 Å². The van der Waals surface area contributed by atoms with E-state index in [9.17, 15) is 12.8 Å². The van der Waals surface area contributed by atoms with E-state index in [-0.39, 0.29) is 23.9 Å². The quantitative estimate of drug-likeness (QED) is 0.785. The van der Waals surface area contributed by atoms with Gasteiger partial charge in [-0.15, -0.1) is 0 Å². The average Bonchev–Trinajstić information content (AvgIpc) is 3.37. The maximum atomic E-state index is 13.2. The molecular formula is C17H24FN3O4S. The molecular weight excluding hydrogens is 361 g/mol. The number of likely N-dealkylation sites (tertiary alicyclic amines) is 1. The molecule has 1 saturated carbocycles. The number of hydroxylamine groups is 1. The molecule has 144 valence electrons. The molecule has 3 heterocycles. The lowest BCUT2D eigenvalue weighted by Gasteiger charge is -2.29. The van der Waals surface area contributed by atoms with Crippen molar-refractivity contribution in [3.8, 4) is 5.88 Å². The highest BCUT2D eigenvalue weighted by molar-refractivity contribution is 7.89. The number of alkyl halides is 1. The average molecular weight is 385 g/mol. The summed E-state index contributed by atoms with van der Waals surface area (Å²) < 4.78 is 46.3. The first-order valence-corrected chi connectivity index (χ1v) is 10.5. The predicted octanol–water partition coefficient (Wildman–Crippen LogP) is 1.67. The number of pyridine rings is 1. The van der Waals surface area contributed by atoms with Crippen molar-refractivity contribution in [1.29, 1.82) is 0 Å². The molecule has 0 unspecified atom stereocenters. The van der Waals surface area contributed by atoms with Crippen LogP contribution in [0.15, 0.2) is 17.2 Å². The van der Waals surface area contributed by atoms with E-state index in [1.54, 1.807) is 19.2 Å². The van der Waals surface area contributed by atoms with E-state index in [0.717, 1.165) is 22.9 Å². The van der Waals surface area contributed by atoms with E-state index < -0.39 is 21.8 Å². The second-order valence-electron chi connectivity index (χ2n) is 7.42. The number of ether oxygens (including phenoxy) is 1. The van der Waals surface area contributed by atoms with Crippen molar-refractivity contribution in [2.24, 2.45) is 0 Å². The Labute approximate surface area is 153 Å². The summed E-state index contributed by atoms with van der Waals surface area (Å²) in [5.74, 6) is 0.157. The number of rotatable bonds is 4. The molecule has 7 nitrogen and oxygen atoms in total. The van der Waals surface area contributed by atoms with Gasteiger partial charge in [0.1, 0.15) is 16.7 Å². The zero-order valence-electron chi connectivity index (χ0n) is 14.9. The number of fused-ring (bicyclic) bond motifs is 1. The molecule has 0 radical (unpaired) electrons. The second kappa shape index (κ2) is 6.70. The zero-order valence-corrected chi connectivity index (χ0v) is 15.7. The molecule has 1 aliphatic carbocycles. The monoisotopic (exact) mass is 385 g/mol. The molecule has 0 bridgehead atoms. The van der Waals surface area contributed by atoms with Gasteiger partial charge in [0, 0.05) is 25.8 Å². The molecule has 9 heteroatoms. The Morgan fingerprint density at radius 2 is 2.12 bits per heavy atom. The summed E-state index contributed by atoms with van der Waals surface area (Å²) in [6.45, 7) is 4.12. The van der Waals surface area contributed by atoms with Crippen molar-refractivity contribution in [3.05, 3.63) is 17.8 Å². The van der Waals surface area contributed by atoms with Gasteiger partial charge in [0.15, 0.2) is 0 Å². The number of halogens is 1. The molecule has 0 atom stereocenters. The minimum absolute atomic E-state index is 0.0551. The lowest BCUT2D eigenvalue weighted by molar-refractivity contribution is -0.107. The van der Waals surface area contributed by atoms with E-state index in [0.29, 0.717) is 32.5 Å². The van der Waals surface area contributed by atoms with Crippen molar-refractivity contribution in [2.45, 2.75) is 49.3 Å². The summed E-state index contributed by atoms with van der Waals surface area (Å²) in [5, 5.41) is 0.